The Morgan fingerprint density at radius 1 is 1.04 bits per heavy atom. The third-order valence-electron chi connectivity index (χ3n) is 4.72. The lowest BCUT2D eigenvalue weighted by Crippen LogP contribution is -2.49. The van der Waals surface area contributed by atoms with Crippen molar-refractivity contribution in [2.75, 3.05) is 6.54 Å². The smallest absolute Gasteiger partial charge is 0.326 e. The van der Waals surface area contributed by atoms with E-state index in [0.717, 1.165) is 5.56 Å². The summed E-state index contributed by atoms with van der Waals surface area (Å²) in [6, 6.07) is 16.3. The number of amides is 2. The van der Waals surface area contributed by atoms with E-state index in [4.69, 9.17) is 0 Å². The average Bonchev–Trinajstić information content (AvgIpc) is 3.17. The Labute approximate surface area is 163 Å². The van der Waals surface area contributed by atoms with Gasteiger partial charge in [0.25, 0.3) is 5.91 Å². The van der Waals surface area contributed by atoms with Gasteiger partial charge in [-0.15, -0.1) is 0 Å². The summed E-state index contributed by atoms with van der Waals surface area (Å²) in [5.41, 5.74) is 1.40. The van der Waals surface area contributed by atoms with Crippen LogP contribution in [0.25, 0.3) is 0 Å². The third-order valence-corrected chi connectivity index (χ3v) is 4.72. The first-order chi connectivity index (χ1) is 13.5. The molecule has 28 heavy (non-hydrogen) atoms. The summed E-state index contributed by atoms with van der Waals surface area (Å²) in [5.74, 6) is -1.65. The first-order valence-electron chi connectivity index (χ1n) is 9.19. The number of hydrogen-bond donors (Lipinski definition) is 4. The van der Waals surface area contributed by atoms with E-state index < -0.39 is 18.1 Å². The number of carbonyl (C=O) groups is 3. The van der Waals surface area contributed by atoms with E-state index in [1.807, 2.05) is 36.4 Å². The van der Waals surface area contributed by atoms with Crippen LogP contribution >= 0.6 is 0 Å². The SMILES string of the molecule is O=C(N[C@H]1CNC(C(=O)N[C@@H](Cc2ccccc2)C(=O)O)C1)c1ccccc1. The molecule has 0 bridgehead atoms. The van der Waals surface area contributed by atoms with E-state index >= 15 is 0 Å². The van der Waals surface area contributed by atoms with Crippen molar-refractivity contribution in [3.63, 3.8) is 0 Å². The predicted octanol–water partition coefficient (Wildman–Crippen LogP) is 0.959. The van der Waals surface area contributed by atoms with Gasteiger partial charge in [0.15, 0.2) is 0 Å². The number of rotatable bonds is 7. The number of carboxylic acids is 1. The van der Waals surface area contributed by atoms with Gasteiger partial charge in [0.1, 0.15) is 6.04 Å². The van der Waals surface area contributed by atoms with Crippen molar-refractivity contribution in [1.29, 1.82) is 0 Å². The molecule has 2 aromatic rings. The molecular formula is C21H23N3O4. The first kappa shape index (κ1) is 19.6. The molecule has 0 saturated carbocycles. The van der Waals surface area contributed by atoms with Crippen LogP contribution in [0.4, 0.5) is 0 Å². The normalized spacial score (nSPS) is 19.6. The second kappa shape index (κ2) is 9.14. The molecule has 2 aromatic carbocycles. The van der Waals surface area contributed by atoms with Crippen LogP contribution in [-0.4, -0.2) is 47.6 Å². The van der Waals surface area contributed by atoms with Crippen molar-refractivity contribution in [2.24, 2.45) is 0 Å². The van der Waals surface area contributed by atoms with Crippen molar-refractivity contribution >= 4 is 17.8 Å². The Kier molecular flexibility index (Phi) is 6.39. The molecule has 146 valence electrons. The van der Waals surface area contributed by atoms with E-state index in [-0.39, 0.29) is 24.3 Å². The molecule has 2 amide bonds. The molecule has 1 aliphatic heterocycles. The van der Waals surface area contributed by atoms with Crippen LogP contribution in [0.1, 0.15) is 22.3 Å². The lowest BCUT2D eigenvalue weighted by atomic mass is 10.1. The highest BCUT2D eigenvalue weighted by Crippen LogP contribution is 2.10. The minimum atomic E-state index is -1.08. The van der Waals surface area contributed by atoms with Gasteiger partial charge in [-0.2, -0.15) is 0 Å². The van der Waals surface area contributed by atoms with Crippen molar-refractivity contribution in [1.82, 2.24) is 16.0 Å². The monoisotopic (exact) mass is 381 g/mol. The number of benzene rings is 2. The number of carbonyl (C=O) groups excluding carboxylic acids is 2. The second-order valence-corrected chi connectivity index (χ2v) is 6.82. The van der Waals surface area contributed by atoms with Crippen LogP contribution in [0, 0.1) is 0 Å². The molecular weight excluding hydrogens is 358 g/mol. The maximum atomic E-state index is 12.5. The minimum Gasteiger partial charge on any atom is -0.480 e. The molecule has 0 spiro atoms. The van der Waals surface area contributed by atoms with Gasteiger partial charge in [-0.25, -0.2) is 4.79 Å². The maximum absolute atomic E-state index is 12.5. The molecule has 1 aliphatic rings. The van der Waals surface area contributed by atoms with Crippen LogP contribution in [0.2, 0.25) is 0 Å². The summed E-state index contributed by atoms with van der Waals surface area (Å²) in [6.45, 7) is 0.451. The molecule has 1 unspecified atom stereocenters. The van der Waals surface area contributed by atoms with Gasteiger partial charge in [0.2, 0.25) is 5.91 Å². The average molecular weight is 381 g/mol. The van der Waals surface area contributed by atoms with Crippen LogP contribution in [0.5, 0.6) is 0 Å². The largest absolute Gasteiger partial charge is 0.480 e. The van der Waals surface area contributed by atoms with Crippen molar-refractivity contribution in [2.45, 2.75) is 31.0 Å². The fraction of sp³-hybridized carbons (Fsp3) is 0.286. The Bertz CT molecular complexity index is 826. The summed E-state index contributed by atoms with van der Waals surface area (Å²) in [4.78, 5) is 36.3. The zero-order valence-corrected chi connectivity index (χ0v) is 15.3. The fourth-order valence-corrected chi connectivity index (χ4v) is 3.23. The van der Waals surface area contributed by atoms with Crippen molar-refractivity contribution in [3.05, 3.63) is 71.8 Å². The van der Waals surface area contributed by atoms with Gasteiger partial charge in [-0.05, 0) is 24.1 Å². The quantitative estimate of drug-likeness (QED) is 0.571. The van der Waals surface area contributed by atoms with Gasteiger partial charge in [-0.1, -0.05) is 48.5 Å². The van der Waals surface area contributed by atoms with E-state index in [1.165, 1.54) is 0 Å². The van der Waals surface area contributed by atoms with Gasteiger partial charge in [0, 0.05) is 24.6 Å². The fourth-order valence-electron chi connectivity index (χ4n) is 3.23. The first-order valence-corrected chi connectivity index (χ1v) is 9.19. The zero-order valence-electron chi connectivity index (χ0n) is 15.3. The van der Waals surface area contributed by atoms with Gasteiger partial charge in [0.05, 0.1) is 6.04 Å². The Hall–Kier alpha value is -3.19. The Balaban J connectivity index is 1.53. The zero-order chi connectivity index (χ0) is 19.9. The van der Waals surface area contributed by atoms with Gasteiger partial charge < -0.3 is 21.1 Å². The van der Waals surface area contributed by atoms with Crippen LogP contribution in [0.3, 0.4) is 0 Å². The Morgan fingerprint density at radius 3 is 2.32 bits per heavy atom. The van der Waals surface area contributed by atoms with E-state index in [1.54, 1.807) is 24.3 Å². The maximum Gasteiger partial charge on any atom is 0.326 e. The summed E-state index contributed by atoms with van der Waals surface area (Å²) in [6.07, 6.45) is 0.616. The standard InChI is InChI=1S/C21H23N3O4/c25-19(15-9-5-2-6-10-15)23-16-12-17(22-13-16)20(26)24-18(21(27)28)11-14-7-3-1-4-8-14/h1-10,16-18,22H,11-13H2,(H,23,25)(H,24,26)(H,27,28)/t16-,17?,18+/m1/s1. The van der Waals surface area contributed by atoms with Gasteiger partial charge in [-0.3, -0.25) is 9.59 Å². The van der Waals surface area contributed by atoms with E-state index in [2.05, 4.69) is 16.0 Å². The molecule has 3 atom stereocenters. The molecule has 7 heteroatoms. The van der Waals surface area contributed by atoms with Crippen LogP contribution in [-0.2, 0) is 16.0 Å². The second-order valence-electron chi connectivity index (χ2n) is 6.82. The number of hydrogen-bond acceptors (Lipinski definition) is 4. The van der Waals surface area contributed by atoms with E-state index in [9.17, 15) is 19.5 Å². The van der Waals surface area contributed by atoms with Crippen molar-refractivity contribution < 1.29 is 19.5 Å². The molecule has 1 heterocycles. The predicted molar refractivity (Wildman–Crippen MR) is 104 cm³/mol. The highest BCUT2D eigenvalue weighted by Gasteiger charge is 2.32. The molecule has 1 saturated heterocycles. The molecule has 4 N–H and O–H groups in total. The molecule has 1 fully saturated rings. The number of nitrogens with one attached hydrogen (secondary N) is 3. The van der Waals surface area contributed by atoms with Crippen LogP contribution < -0.4 is 16.0 Å². The number of aliphatic carboxylic acids is 1. The highest BCUT2D eigenvalue weighted by atomic mass is 16.4. The lowest BCUT2D eigenvalue weighted by molar-refractivity contribution is -0.142. The number of carboxylic acid groups (broad SMARTS) is 1. The molecule has 0 aliphatic carbocycles. The lowest BCUT2D eigenvalue weighted by Gasteiger charge is -2.18. The topological polar surface area (TPSA) is 108 Å². The summed E-state index contributed by atoms with van der Waals surface area (Å²) in [7, 11) is 0. The van der Waals surface area contributed by atoms with Crippen LogP contribution in [0.15, 0.2) is 60.7 Å². The molecule has 3 rings (SSSR count). The van der Waals surface area contributed by atoms with E-state index in [0.29, 0.717) is 18.5 Å². The highest BCUT2D eigenvalue weighted by molar-refractivity contribution is 5.94. The van der Waals surface area contributed by atoms with Crippen molar-refractivity contribution in [3.8, 4) is 0 Å². The summed E-state index contributed by atoms with van der Waals surface area (Å²) >= 11 is 0. The summed E-state index contributed by atoms with van der Waals surface area (Å²) in [5, 5.41) is 18.0. The minimum absolute atomic E-state index is 0.194. The molecule has 7 nitrogen and oxygen atoms in total. The summed E-state index contributed by atoms with van der Waals surface area (Å²) < 4.78 is 0. The molecule has 0 aromatic heterocycles. The molecule has 0 radical (unpaired) electrons. The Morgan fingerprint density at radius 2 is 1.68 bits per heavy atom. The third kappa shape index (κ3) is 5.17. The van der Waals surface area contributed by atoms with Gasteiger partial charge >= 0.3 is 5.97 Å².